The number of carbonyl (C=O) groups excluding carboxylic acids is 1. The molecule has 0 aliphatic heterocycles. The average molecular weight is 210 g/mol. The first kappa shape index (κ1) is 11.7. The fourth-order valence-electron chi connectivity index (χ4n) is 1.51. The van der Waals surface area contributed by atoms with Crippen LogP contribution in [0.5, 0.6) is 0 Å². The Kier molecular flexibility index (Phi) is 4.30. The summed E-state index contributed by atoms with van der Waals surface area (Å²) in [6, 6.07) is 1.97. The van der Waals surface area contributed by atoms with Crippen LogP contribution in [0.4, 0.5) is 0 Å². The second-order valence-electron chi connectivity index (χ2n) is 3.41. The van der Waals surface area contributed by atoms with Crippen molar-refractivity contribution in [2.45, 2.75) is 26.9 Å². The smallest absolute Gasteiger partial charge is 0.231 e. The molecule has 2 N–H and O–H groups in total. The zero-order valence-corrected chi connectivity index (χ0v) is 9.31. The van der Waals surface area contributed by atoms with Crippen molar-refractivity contribution in [2.75, 3.05) is 13.1 Å². The van der Waals surface area contributed by atoms with Gasteiger partial charge in [-0.15, -0.1) is 0 Å². The minimum atomic E-state index is -0.292. The molecule has 0 spiro atoms. The molecule has 1 rings (SSSR count). The second-order valence-corrected chi connectivity index (χ2v) is 3.41. The van der Waals surface area contributed by atoms with Gasteiger partial charge < -0.3 is 5.73 Å². The Bertz CT molecular complexity index is 321. The molecule has 1 aromatic rings. The zero-order chi connectivity index (χ0) is 11.3. The van der Waals surface area contributed by atoms with E-state index >= 15 is 0 Å². The number of aryl methyl sites for hydroxylation is 1. The molecule has 1 aromatic heterocycles. The number of hydrogen-bond donors (Lipinski definition) is 1. The first-order valence-corrected chi connectivity index (χ1v) is 5.18. The highest BCUT2D eigenvalue weighted by atomic mass is 16.1. The number of nitrogens with two attached hydrogens (primary N) is 1. The van der Waals surface area contributed by atoms with E-state index in [1.807, 2.05) is 29.5 Å². The number of nitrogens with zero attached hydrogens (tertiary/aromatic N) is 3. The van der Waals surface area contributed by atoms with E-state index < -0.39 is 0 Å². The fourth-order valence-corrected chi connectivity index (χ4v) is 1.51. The summed E-state index contributed by atoms with van der Waals surface area (Å²) in [5.74, 6) is -0.292. The highest BCUT2D eigenvalue weighted by molar-refractivity contribution is 5.75. The summed E-state index contributed by atoms with van der Waals surface area (Å²) >= 11 is 0. The van der Waals surface area contributed by atoms with Gasteiger partial charge >= 0.3 is 0 Å². The number of carbonyl (C=O) groups is 1. The zero-order valence-electron chi connectivity index (χ0n) is 9.31. The van der Waals surface area contributed by atoms with Gasteiger partial charge in [-0.1, -0.05) is 6.92 Å². The van der Waals surface area contributed by atoms with Gasteiger partial charge in [-0.2, -0.15) is 5.10 Å². The molecule has 0 atom stereocenters. The lowest BCUT2D eigenvalue weighted by Gasteiger charge is -2.18. The van der Waals surface area contributed by atoms with Crippen LogP contribution in [-0.2, 0) is 17.9 Å². The van der Waals surface area contributed by atoms with Crippen LogP contribution < -0.4 is 5.73 Å². The van der Waals surface area contributed by atoms with Crippen molar-refractivity contribution in [3.8, 4) is 0 Å². The molecule has 0 bridgehead atoms. The lowest BCUT2D eigenvalue weighted by atomic mass is 10.3. The Morgan fingerprint density at radius 2 is 2.33 bits per heavy atom. The van der Waals surface area contributed by atoms with Crippen LogP contribution in [0.15, 0.2) is 12.3 Å². The largest absolute Gasteiger partial charge is 0.369 e. The number of likely N-dealkylation sites (N-methyl/N-ethyl adjacent to an activating group) is 1. The molecule has 84 valence electrons. The summed E-state index contributed by atoms with van der Waals surface area (Å²) in [5.41, 5.74) is 6.28. The van der Waals surface area contributed by atoms with Crippen molar-refractivity contribution in [1.82, 2.24) is 14.7 Å². The maximum atomic E-state index is 10.8. The van der Waals surface area contributed by atoms with E-state index in [9.17, 15) is 4.79 Å². The molecule has 1 heterocycles. The van der Waals surface area contributed by atoms with Crippen LogP contribution in [0.25, 0.3) is 0 Å². The van der Waals surface area contributed by atoms with Crippen LogP contribution in [-0.4, -0.2) is 33.7 Å². The predicted molar refractivity (Wildman–Crippen MR) is 58.0 cm³/mol. The standard InChI is InChI=1S/C10H18N4O/c1-3-13(8-10(11)15)7-9-5-6-12-14(9)4-2/h5-6H,3-4,7-8H2,1-2H3,(H2,11,15). The number of hydrogen-bond acceptors (Lipinski definition) is 3. The Balaban J connectivity index is 2.62. The van der Waals surface area contributed by atoms with Crippen LogP contribution in [0.1, 0.15) is 19.5 Å². The molecule has 0 saturated carbocycles. The quantitative estimate of drug-likeness (QED) is 0.730. The normalized spacial score (nSPS) is 10.9. The topological polar surface area (TPSA) is 64.2 Å². The lowest BCUT2D eigenvalue weighted by molar-refractivity contribution is -0.119. The molecule has 0 unspecified atom stereocenters. The third-order valence-electron chi connectivity index (χ3n) is 2.32. The number of amides is 1. The monoisotopic (exact) mass is 210 g/mol. The molecular weight excluding hydrogens is 192 g/mol. The molecule has 0 fully saturated rings. The summed E-state index contributed by atoms with van der Waals surface area (Å²) < 4.78 is 1.92. The Labute approximate surface area is 89.9 Å². The molecule has 15 heavy (non-hydrogen) atoms. The minimum absolute atomic E-state index is 0.292. The molecule has 0 aromatic carbocycles. The van der Waals surface area contributed by atoms with E-state index in [2.05, 4.69) is 5.10 Å². The third-order valence-corrected chi connectivity index (χ3v) is 2.32. The molecule has 0 saturated heterocycles. The van der Waals surface area contributed by atoms with Gasteiger partial charge in [-0.25, -0.2) is 0 Å². The Hall–Kier alpha value is -1.36. The molecular formula is C10H18N4O. The fraction of sp³-hybridized carbons (Fsp3) is 0.600. The van der Waals surface area contributed by atoms with E-state index in [0.29, 0.717) is 13.1 Å². The van der Waals surface area contributed by atoms with E-state index in [0.717, 1.165) is 18.8 Å². The summed E-state index contributed by atoms with van der Waals surface area (Å²) in [5, 5.41) is 4.18. The van der Waals surface area contributed by atoms with E-state index in [4.69, 9.17) is 5.73 Å². The van der Waals surface area contributed by atoms with Crippen molar-refractivity contribution in [3.05, 3.63) is 18.0 Å². The number of rotatable bonds is 6. The van der Waals surface area contributed by atoms with Crippen molar-refractivity contribution >= 4 is 5.91 Å². The van der Waals surface area contributed by atoms with Crippen LogP contribution in [0, 0.1) is 0 Å². The summed E-state index contributed by atoms with van der Waals surface area (Å²) in [6.45, 7) is 6.71. The second kappa shape index (κ2) is 5.50. The van der Waals surface area contributed by atoms with Crippen molar-refractivity contribution in [2.24, 2.45) is 5.73 Å². The van der Waals surface area contributed by atoms with Gasteiger partial charge in [0.25, 0.3) is 0 Å². The summed E-state index contributed by atoms with van der Waals surface area (Å²) in [6.07, 6.45) is 1.77. The van der Waals surface area contributed by atoms with Gasteiger partial charge in [0.05, 0.1) is 12.2 Å². The highest BCUT2D eigenvalue weighted by Crippen LogP contribution is 2.03. The number of aromatic nitrogens is 2. The first-order chi connectivity index (χ1) is 7.17. The Morgan fingerprint density at radius 3 is 2.87 bits per heavy atom. The van der Waals surface area contributed by atoms with Crippen LogP contribution >= 0.6 is 0 Å². The van der Waals surface area contributed by atoms with E-state index in [1.165, 1.54) is 0 Å². The summed E-state index contributed by atoms with van der Waals surface area (Å²) in [7, 11) is 0. The van der Waals surface area contributed by atoms with Gasteiger partial charge in [0.15, 0.2) is 0 Å². The van der Waals surface area contributed by atoms with Crippen molar-refractivity contribution < 1.29 is 4.79 Å². The minimum Gasteiger partial charge on any atom is -0.369 e. The highest BCUT2D eigenvalue weighted by Gasteiger charge is 2.09. The predicted octanol–water partition coefficient (Wildman–Crippen LogP) is 0.210. The van der Waals surface area contributed by atoms with Gasteiger partial charge in [-0.05, 0) is 19.5 Å². The Morgan fingerprint density at radius 1 is 1.60 bits per heavy atom. The van der Waals surface area contributed by atoms with Crippen molar-refractivity contribution in [3.63, 3.8) is 0 Å². The van der Waals surface area contributed by atoms with Crippen LogP contribution in [0.3, 0.4) is 0 Å². The SMILES string of the molecule is CCN(CC(N)=O)Cc1ccnn1CC. The van der Waals surface area contributed by atoms with Crippen molar-refractivity contribution in [1.29, 1.82) is 0 Å². The number of primary amides is 1. The van der Waals surface area contributed by atoms with Gasteiger partial charge in [-0.3, -0.25) is 14.4 Å². The molecule has 1 amide bonds. The molecule has 0 aliphatic rings. The molecule has 5 heteroatoms. The lowest BCUT2D eigenvalue weighted by Crippen LogP contribution is -2.33. The van der Waals surface area contributed by atoms with E-state index in [-0.39, 0.29) is 5.91 Å². The third kappa shape index (κ3) is 3.36. The molecule has 0 radical (unpaired) electrons. The van der Waals surface area contributed by atoms with E-state index in [1.54, 1.807) is 6.20 Å². The maximum absolute atomic E-state index is 10.8. The maximum Gasteiger partial charge on any atom is 0.231 e. The van der Waals surface area contributed by atoms with Gasteiger partial charge in [0.1, 0.15) is 0 Å². The molecule has 0 aliphatic carbocycles. The van der Waals surface area contributed by atoms with Crippen LogP contribution in [0.2, 0.25) is 0 Å². The average Bonchev–Trinajstić information content (AvgIpc) is 2.63. The summed E-state index contributed by atoms with van der Waals surface area (Å²) in [4.78, 5) is 12.8. The van der Waals surface area contributed by atoms with Gasteiger partial charge in [0, 0.05) is 19.3 Å². The molecule has 5 nitrogen and oxygen atoms in total. The van der Waals surface area contributed by atoms with Gasteiger partial charge in [0.2, 0.25) is 5.91 Å². The first-order valence-electron chi connectivity index (χ1n) is 5.18.